The van der Waals surface area contributed by atoms with Crippen molar-refractivity contribution in [3.05, 3.63) is 131 Å². The molecule has 0 aliphatic carbocycles. The van der Waals surface area contributed by atoms with Crippen molar-refractivity contribution in [2.45, 2.75) is 92.9 Å². The third-order valence-corrected chi connectivity index (χ3v) is 10.1. The highest BCUT2D eigenvalue weighted by molar-refractivity contribution is 6.09. The van der Waals surface area contributed by atoms with Crippen LogP contribution in [0.5, 0.6) is 11.5 Å². The maximum Gasteiger partial charge on any atom is 0.137 e. The molecule has 0 N–H and O–H groups in total. The Kier molecular flexibility index (Phi) is 9.32. The highest BCUT2D eigenvalue weighted by Gasteiger charge is 2.23. The monoisotopic (exact) mass is 674 g/mol. The van der Waals surface area contributed by atoms with Crippen molar-refractivity contribution in [1.82, 2.24) is 19.3 Å². The Morgan fingerprint density at radius 3 is 2.20 bits per heavy atom. The van der Waals surface area contributed by atoms with Crippen LogP contribution in [0.15, 0.2) is 97.2 Å². The Balaban J connectivity index is 1.37. The van der Waals surface area contributed by atoms with Gasteiger partial charge in [0.2, 0.25) is 0 Å². The lowest BCUT2D eigenvalue weighted by atomic mass is 9.86. The van der Waals surface area contributed by atoms with Crippen molar-refractivity contribution in [2.75, 3.05) is 0 Å². The molecule has 0 amide bonds. The molecular formula is C46H50N4O. The molecule has 3 aromatic heterocycles. The Morgan fingerprint density at radius 2 is 1.45 bits per heavy atom. The number of unbranched alkanes of at least 4 members (excludes halogenated alkanes) is 1. The fourth-order valence-electron chi connectivity index (χ4n) is 7.52. The van der Waals surface area contributed by atoms with Gasteiger partial charge in [0.05, 0.1) is 28.1 Å². The van der Waals surface area contributed by atoms with E-state index in [1.807, 2.05) is 6.20 Å². The van der Waals surface area contributed by atoms with Crippen LogP contribution in [0.4, 0.5) is 0 Å². The maximum atomic E-state index is 6.84. The molecule has 0 spiro atoms. The molecule has 260 valence electrons. The first-order valence-corrected chi connectivity index (χ1v) is 18.5. The number of aromatic nitrogens is 4. The molecular weight excluding hydrogens is 625 g/mol. The predicted molar refractivity (Wildman–Crippen MR) is 213 cm³/mol. The number of benzene rings is 4. The second kappa shape index (κ2) is 13.9. The van der Waals surface area contributed by atoms with Crippen molar-refractivity contribution in [3.8, 4) is 34.1 Å². The van der Waals surface area contributed by atoms with Gasteiger partial charge in [-0.05, 0) is 116 Å². The van der Waals surface area contributed by atoms with Crippen molar-refractivity contribution in [3.63, 3.8) is 0 Å². The molecule has 0 aliphatic heterocycles. The molecule has 51 heavy (non-hydrogen) atoms. The minimum Gasteiger partial charge on any atom is -0.457 e. The van der Waals surface area contributed by atoms with E-state index in [1.165, 1.54) is 49.8 Å². The topological polar surface area (TPSA) is 44.9 Å². The number of para-hydroxylation sites is 1. The van der Waals surface area contributed by atoms with Crippen LogP contribution in [0.3, 0.4) is 0 Å². The average Bonchev–Trinajstić information content (AvgIpc) is 3.61. The first kappa shape index (κ1) is 34.3. The average molecular weight is 675 g/mol. The third-order valence-electron chi connectivity index (χ3n) is 10.1. The van der Waals surface area contributed by atoms with Crippen molar-refractivity contribution < 1.29 is 4.74 Å². The fraction of sp³-hybridized carbons (Fsp3) is 0.304. The maximum absolute atomic E-state index is 6.84. The van der Waals surface area contributed by atoms with Gasteiger partial charge in [0.25, 0.3) is 0 Å². The zero-order valence-electron chi connectivity index (χ0n) is 31.5. The summed E-state index contributed by atoms with van der Waals surface area (Å²) in [7, 11) is 0. The number of hydrogen-bond donors (Lipinski definition) is 0. The van der Waals surface area contributed by atoms with Crippen molar-refractivity contribution in [2.24, 2.45) is 0 Å². The van der Waals surface area contributed by atoms with Crippen LogP contribution in [-0.4, -0.2) is 19.3 Å². The minimum atomic E-state index is -0.0963. The van der Waals surface area contributed by atoms with Crippen molar-refractivity contribution >= 4 is 21.8 Å². The van der Waals surface area contributed by atoms with Gasteiger partial charge in [-0.25, -0.2) is 9.67 Å². The minimum absolute atomic E-state index is 0.0963. The molecule has 3 heterocycles. The van der Waals surface area contributed by atoms with E-state index in [0.29, 0.717) is 0 Å². The van der Waals surface area contributed by atoms with Crippen LogP contribution in [0.1, 0.15) is 87.5 Å². The second-order valence-electron chi connectivity index (χ2n) is 15.1. The van der Waals surface area contributed by atoms with E-state index in [0.717, 1.165) is 71.8 Å². The normalized spacial score (nSPS) is 11.9. The smallest absolute Gasteiger partial charge is 0.137 e. The fourth-order valence-corrected chi connectivity index (χ4v) is 7.52. The standard InChI is InChI=1S/C46H50N4O/c1-9-11-19-41-45(44-30(3)16-14-17-31(44)4)32(5)48-50(41)35-26-34(46(6,7)8)27-37(28-35)51-36-21-22-39-38-18-12-13-20-40(38)49(42(39)29-36)43-25-33(15-10-2)23-24-47-43/h12-14,16-18,20-29H,9-11,15,19H2,1-8H3. The summed E-state index contributed by atoms with van der Waals surface area (Å²) in [6.07, 6.45) is 7.20. The third kappa shape index (κ3) is 6.58. The van der Waals surface area contributed by atoms with Crippen LogP contribution in [0.2, 0.25) is 0 Å². The van der Waals surface area contributed by atoms with E-state index in [2.05, 4.69) is 156 Å². The molecule has 7 aromatic rings. The summed E-state index contributed by atoms with van der Waals surface area (Å²) in [5.74, 6) is 2.51. The largest absolute Gasteiger partial charge is 0.457 e. The number of nitrogens with zero attached hydrogens (tertiary/aromatic N) is 4. The molecule has 0 saturated heterocycles. The van der Waals surface area contributed by atoms with Crippen LogP contribution < -0.4 is 4.74 Å². The molecule has 5 heteroatoms. The first-order valence-electron chi connectivity index (χ1n) is 18.5. The summed E-state index contributed by atoms with van der Waals surface area (Å²) in [4.78, 5) is 4.85. The van der Waals surface area contributed by atoms with E-state index >= 15 is 0 Å². The van der Waals surface area contributed by atoms with Gasteiger partial charge in [0, 0.05) is 34.7 Å². The lowest BCUT2D eigenvalue weighted by molar-refractivity contribution is 0.478. The lowest BCUT2D eigenvalue weighted by Gasteiger charge is -2.22. The molecule has 0 unspecified atom stereocenters. The van der Waals surface area contributed by atoms with Gasteiger partial charge in [-0.1, -0.05) is 83.9 Å². The van der Waals surface area contributed by atoms with E-state index in [4.69, 9.17) is 14.8 Å². The number of pyridine rings is 1. The van der Waals surface area contributed by atoms with E-state index < -0.39 is 0 Å². The first-order chi connectivity index (χ1) is 24.6. The number of hydrogen-bond acceptors (Lipinski definition) is 3. The zero-order valence-corrected chi connectivity index (χ0v) is 31.5. The van der Waals surface area contributed by atoms with Crippen LogP contribution in [0, 0.1) is 20.8 Å². The number of ether oxygens (including phenoxy) is 1. The van der Waals surface area contributed by atoms with Gasteiger partial charge in [-0.15, -0.1) is 0 Å². The Hall–Kier alpha value is -5.16. The molecule has 0 bridgehead atoms. The second-order valence-corrected chi connectivity index (χ2v) is 15.1. The molecule has 7 rings (SSSR count). The molecule has 0 saturated carbocycles. The SMILES string of the molecule is CCCCc1c(-c2c(C)cccc2C)c(C)nn1-c1cc(Oc2ccc3c4ccccc4n(-c4cc(CCC)ccn4)c3c2)cc(C(C)(C)C)c1. The van der Waals surface area contributed by atoms with Crippen LogP contribution >= 0.6 is 0 Å². The Labute approximate surface area is 302 Å². The predicted octanol–water partition coefficient (Wildman–Crippen LogP) is 12.3. The van der Waals surface area contributed by atoms with E-state index in [9.17, 15) is 0 Å². The van der Waals surface area contributed by atoms with Crippen LogP contribution in [-0.2, 0) is 18.3 Å². The lowest BCUT2D eigenvalue weighted by Crippen LogP contribution is -2.13. The molecule has 5 nitrogen and oxygen atoms in total. The van der Waals surface area contributed by atoms with Gasteiger partial charge in [0.1, 0.15) is 17.3 Å². The number of fused-ring (bicyclic) bond motifs is 3. The van der Waals surface area contributed by atoms with Crippen LogP contribution in [0.25, 0.3) is 44.4 Å². The molecule has 4 aromatic carbocycles. The molecule has 0 radical (unpaired) electrons. The summed E-state index contributed by atoms with van der Waals surface area (Å²) in [5.41, 5.74) is 13.1. The van der Waals surface area contributed by atoms with E-state index in [-0.39, 0.29) is 5.41 Å². The Morgan fingerprint density at radius 1 is 0.686 bits per heavy atom. The van der Waals surface area contributed by atoms with Gasteiger partial charge in [-0.2, -0.15) is 5.10 Å². The van der Waals surface area contributed by atoms with Crippen molar-refractivity contribution in [1.29, 1.82) is 0 Å². The summed E-state index contributed by atoms with van der Waals surface area (Å²) >= 11 is 0. The van der Waals surface area contributed by atoms with E-state index in [1.54, 1.807) is 0 Å². The highest BCUT2D eigenvalue weighted by Crippen LogP contribution is 2.39. The zero-order chi connectivity index (χ0) is 35.9. The van der Waals surface area contributed by atoms with Gasteiger partial charge >= 0.3 is 0 Å². The van der Waals surface area contributed by atoms with Gasteiger partial charge < -0.3 is 4.74 Å². The van der Waals surface area contributed by atoms with Gasteiger partial charge in [-0.3, -0.25) is 4.57 Å². The van der Waals surface area contributed by atoms with Gasteiger partial charge in [0.15, 0.2) is 0 Å². The summed E-state index contributed by atoms with van der Waals surface area (Å²) in [6, 6.07) is 32.6. The molecule has 0 aliphatic rings. The quantitative estimate of drug-likeness (QED) is 0.145. The highest BCUT2D eigenvalue weighted by atomic mass is 16.5. The summed E-state index contributed by atoms with van der Waals surface area (Å²) in [5, 5.41) is 7.62. The Bertz CT molecular complexity index is 2350. The number of rotatable bonds is 10. The summed E-state index contributed by atoms with van der Waals surface area (Å²) in [6.45, 7) is 17.8. The number of aryl methyl sites for hydroxylation is 4. The molecule has 0 atom stereocenters. The molecule has 0 fully saturated rings. The summed E-state index contributed by atoms with van der Waals surface area (Å²) < 4.78 is 11.3.